The Labute approximate surface area is 371 Å². The van der Waals surface area contributed by atoms with Gasteiger partial charge in [0, 0.05) is 80.4 Å². The Morgan fingerprint density at radius 2 is 1.81 bits per heavy atom. The van der Waals surface area contributed by atoms with Crippen molar-refractivity contribution in [2.24, 2.45) is 11.3 Å². The van der Waals surface area contributed by atoms with Crippen molar-refractivity contribution in [1.82, 2.24) is 34.3 Å². The maximum atomic E-state index is 14.2. The highest BCUT2D eigenvalue weighted by Crippen LogP contribution is 2.43. The molecule has 3 aliphatic rings. The first-order chi connectivity index (χ1) is 30.2. The fourth-order valence-corrected chi connectivity index (χ4v) is 10.4. The Hall–Kier alpha value is -5.81. The van der Waals surface area contributed by atoms with Crippen molar-refractivity contribution in [3.8, 4) is 5.69 Å². The minimum Gasteiger partial charge on any atom is -0.379 e. The molecule has 5 heterocycles. The molecule has 17 heteroatoms. The summed E-state index contributed by atoms with van der Waals surface area (Å²) in [6.45, 7) is 11.1. The van der Waals surface area contributed by atoms with Crippen LogP contribution in [-0.2, 0) is 10.0 Å². The van der Waals surface area contributed by atoms with Gasteiger partial charge < -0.3 is 15.1 Å². The van der Waals surface area contributed by atoms with E-state index in [1.54, 1.807) is 23.1 Å². The fraction of sp³-hybridized carbons (Fsp3) is 0.370. The summed E-state index contributed by atoms with van der Waals surface area (Å²) in [5.74, 6) is -0.580. The van der Waals surface area contributed by atoms with Crippen LogP contribution in [0, 0.1) is 21.4 Å². The highest BCUT2D eigenvalue weighted by atomic mass is 35.5. The highest BCUT2D eigenvalue weighted by Gasteiger charge is 2.31. The minimum atomic E-state index is -4.55. The van der Waals surface area contributed by atoms with Gasteiger partial charge in [0.25, 0.3) is 21.6 Å². The zero-order chi connectivity index (χ0) is 44.0. The molecule has 15 nitrogen and oxygen atoms in total. The summed E-state index contributed by atoms with van der Waals surface area (Å²) in [4.78, 5) is 41.3. The molecule has 2 saturated heterocycles. The Morgan fingerprint density at radius 3 is 2.56 bits per heavy atom. The van der Waals surface area contributed by atoms with Gasteiger partial charge in [-0.25, -0.2) is 23.1 Å². The quantitative estimate of drug-likeness (QED) is 0.0811. The highest BCUT2D eigenvalue weighted by molar-refractivity contribution is 7.90. The van der Waals surface area contributed by atoms with Gasteiger partial charge in [0.15, 0.2) is 5.65 Å². The summed E-state index contributed by atoms with van der Waals surface area (Å²) in [5.41, 5.74) is 7.39. The van der Waals surface area contributed by atoms with Gasteiger partial charge in [-0.2, -0.15) is 0 Å². The lowest BCUT2D eigenvalue weighted by Gasteiger charge is -2.39. The van der Waals surface area contributed by atoms with Crippen LogP contribution in [0.1, 0.15) is 55.5 Å². The van der Waals surface area contributed by atoms with Crippen molar-refractivity contribution in [3.05, 3.63) is 117 Å². The third kappa shape index (κ3) is 9.03. The van der Waals surface area contributed by atoms with E-state index in [4.69, 9.17) is 11.6 Å². The van der Waals surface area contributed by atoms with Crippen LogP contribution in [0.25, 0.3) is 33.3 Å². The predicted molar refractivity (Wildman–Crippen MR) is 247 cm³/mol. The number of benzene rings is 3. The molecule has 0 radical (unpaired) electrons. The number of anilines is 2. The molecule has 0 spiro atoms. The zero-order valence-corrected chi connectivity index (χ0v) is 37.2. The van der Waals surface area contributed by atoms with E-state index < -0.39 is 31.4 Å². The van der Waals surface area contributed by atoms with Crippen molar-refractivity contribution in [2.75, 3.05) is 69.6 Å². The number of rotatable bonds is 12. The van der Waals surface area contributed by atoms with Gasteiger partial charge in [-0.1, -0.05) is 43.2 Å². The van der Waals surface area contributed by atoms with E-state index in [2.05, 4.69) is 65.8 Å². The number of aromatic amines is 1. The number of nitrogens with zero attached hydrogens (tertiary/aromatic N) is 7. The zero-order valence-electron chi connectivity index (χ0n) is 35.6. The molecule has 2 aliphatic heterocycles. The number of halogens is 1. The summed E-state index contributed by atoms with van der Waals surface area (Å²) >= 11 is 6.26. The lowest BCUT2D eigenvalue weighted by molar-refractivity contribution is -0.384. The van der Waals surface area contributed by atoms with Gasteiger partial charge in [-0.15, -0.1) is 0 Å². The van der Waals surface area contributed by atoms with Crippen LogP contribution in [0.4, 0.5) is 17.1 Å². The second kappa shape index (κ2) is 17.1. The Kier molecular flexibility index (Phi) is 11.5. The standard InChI is InChI=1S/C46H51ClN10O5S/c1-46(2)15-12-33(38(25-46)31-4-6-34(47)7-5-31)29-54-18-20-55(21-19-54)35-8-10-37(41(23-35)56-42-22-32-13-16-48-44(32)51-40(42)27-50-56)45(58)52-63(61,62)36-9-11-39(43(24-36)57(59)60)49-26-30-14-17-53(3)28-30/h4-11,13,16,22-24,27,30,49-50H,12,14-15,17-21,25-26,28-29H2,1-3H3,(H,52,58). The largest absolute Gasteiger partial charge is 0.379 e. The Bertz CT molecular complexity index is 2870. The molecule has 9 rings (SSSR count). The molecule has 3 aromatic carbocycles. The predicted octanol–water partition coefficient (Wildman–Crippen LogP) is 7.73. The van der Waals surface area contributed by atoms with E-state index in [0.717, 1.165) is 93.7 Å². The van der Waals surface area contributed by atoms with E-state index in [1.807, 2.05) is 43.4 Å². The number of carbonyl (C=O) groups is 1. The van der Waals surface area contributed by atoms with Crippen LogP contribution in [0.2, 0.25) is 5.02 Å². The molecule has 328 valence electrons. The van der Waals surface area contributed by atoms with Crippen LogP contribution in [0.15, 0.2) is 95.7 Å². The average Bonchev–Trinajstić information content (AvgIpc) is 4.02. The van der Waals surface area contributed by atoms with Crippen LogP contribution >= 0.6 is 11.6 Å². The molecule has 3 aromatic heterocycles. The Morgan fingerprint density at radius 1 is 1.02 bits per heavy atom. The van der Waals surface area contributed by atoms with Crippen LogP contribution in [-0.4, -0.2) is 108 Å². The number of fused-ring (bicyclic) bond motifs is 2. The monoisotopic (exact) mass is 890 g/mol. The van der Waals surface area contributed by atoms with Gasteiger partial charge in [-0.3, -0.25) is 29.6 Å². The lowest BCUT2D eigenvalue weighted by atomic mass is 9.72. The lowest BCUT2D eigenvalue weighted by Crippen LogP contribution is -2.47. The van der Waals surface area contributed by atoms with E-state index in [1.165, 1.54) is 28.8 Å². The second-order valence-electron chi connectivity index (χ2n) is 17.9. The minimum absolute atomic E-state index is 0.0756. The molecule has 3 N–H and O–H groups in total. The number of allylic oxidation sites excluding steroid dienone is 1. The maximum absolute atomic E-state index is 14.2. The summed E-state index contributed by atoms with van der Waals surface area (Å²) in [7, 11) is -2.52. The third-order valence-electron chi connectivity index (χ3n) is 12.8. The SMILES string of the molecule is CN1CCC(CNc2ccc(S(=O)(=O)NC(=O)c3ccc(N4CCN(CC5=C(c6ccc(Cl)cc6)CC(C)(C)CC5)CC4)cc3-n3[nH]cc4nc5nccc5cc43)cc2[N+](=O)[O-])C1. The number of amides is 1. The Balaban J connectivity index is 0.977. The number of hydrogen-bond acceptors (Lipinski definition) is 11. The number of H-pyrrole nitrogens is 1. The number of aromatic nitrogens is 4. The normalized spacial score (nSPS) is 18.7. The number of likely N-dealkylation sites (tertiary alicyclic amines) is 1. The van der Waals surface area contributed by atoms with Gasteiger partial charge in [0.05, 0.1) is 26.6 Å². The van der Waals surface area contributed by atoms with Gasteiger partial charge >= 0.3 is 0 Å². The van der Waals surface area contributed by atoms with Crippen molar-refractivity contribution in [2.45, 2.75) is 44.4 Å². The summed E-state index contributed by atoms with van der Waals surface area (Å²) in [6, 6.07) is 21.0. The molecular formula is C46H51ClN10O5S. The molecule has 63 heavy (non-hydrogen) atoms. The molecule has 1 unspecified atom stereocenters. The summed E-state index contributed by atoms with van der Waals surface area (Å²) < 4.78 is 31.6. The van der Waals surface area contributed by atoms with Gasteiger partial charge in [-0.05, 0) is 116 Å². The van der Waals surface area contributed by atoms with Crippen molar-refractivity contribution >= 4 is 72.2 Å². The number of pyridine rings is 1. The number of carbonyl (C=O) groups excluding carboxylic acids is 1. The number of nitrogens with one attached hydrogen (secondary N) is 3. The topological polar surface area (TPSA) is 175 Å². The molecule has 1 aliphatic carbocycles. The van der Waals surface area contributed by atoms with Crippen molar-refractivity contribution < 1.29 is 18.1 Å². The first kappa shape index (κ1) is 42.5. The molecule has 0 saturated carbocycles. The third-order valence-corrected chi connectivity index (χ3v) is 14.4. The fourth-order valence-electron chi connectivity index (χ4n) is 9.27. The van der Waals surface area contributed by atoms with Crippen molar-refractivity contribution in [1.29, 1.82) is 0 Å². The number of nitro groups is 1. The molecular weight excluding hydrogens is 840 g/mol. The summed E-state index contributed by atoms with van der Waals surface area (Å²) in [6.07, 6.45) is 7.56. The molecule has 6 aromatic rings. The first-order valence-electron chi connectivity index (χ1n) is 21.4. The number of piperazine rings is 1. The average molecular weight is 891 g/mol. The van der Waals surface area contributed by atoms with Gasteiger partial charge in [0.2, 0.25) is 0 Å². The maximum Gasteiger partial charge on any atom is 0.293 e. The molecule has 1 amide bonds. The van der Waals surface area contributed by atoms with E-state index in [9.17, 15) is 23.3 Å². The smallest absolute Gasteiger partial charge is 0.293 e. The van der Waals surface area contributed by atoms with Crippen LogP contribution < -0.4 is 14.9 Å². The molecule has 2 fully saturated rings. The van der Waals surface area contributed by atoms with Crippen molar-refractivity contribution in [3.63, 3.8) is 0 Å². The number of nitro benzene ring substituents is 1. The molecule has 0 bridgehead atoms. The first-order valence-corrected chi connectivity index (χ1v) is 23.2. The van der Waals surface area contributed by atoms with E-state index >= 15 is 0 Å². The van der Waals surface area contributed by atoms with Gasteiger partial charge in [0.1, 0.15) is 11.2 Å². The number of hydrogen-bond donors (Lipinski definition) is 3. The number of sulfonamides is 1. The van der Waals surface area contributed by atoms with Crippen LogP contribution in [0.3, 0.4) is 0 Å². The summed E-state index contributed by atoms with van der Waals surface area (Å²) in [5, 5.41) is 20.1. The molecule has 1 atom stereocenters. The van der Waals surface area contributed by atoms with Crippen LogP contribution in [0.5, 0.6) is 0 Å². The van der Waals surface area contributed by atoms with E-state index in [0.29, 0.717) is 34.8 Å². The second-order valence-corrected chi connectivity index (χ2v) is 20.0. The van der Waals surface area contributed by atoms with E-state index in [-0.39, 0.29) is 16.7 Å².